The van der Waals surface area contributed by atoms with Crippen LogP contribution in [0.25, 0.3) is 11.1 Å². The van der Waals surface area contributed by atoms with Crippen LogP contribution in [0, 0.1) is 0 Å². The molecule has 1 aromatic heterocycles. The van der Waals surface area contributed by atoms with E-state index in [9.17, 15) is 4.79 Å². The molecule has 1 aliphatic carbocycles. The highest BCUT2D eigenvalue weighted by atomic mass is 16.5. The molecule has 0 saturated carbocycles. The smallest absolute Gasteiger partial charge is 0.253 e. The molecule has 4 rings (SSSR count). The number of benzene rings is 2. The van der Waals surface area contributed by atoms with Crippen LogP contribution in [0.3, 0.4) is 0 Å². The van der Waals surface area contributed by atoms with Gasteiger partial charge in [-0.3, -0.25) is 9.89 Å². The molecule has 2 aromatic carbocycles. The van der Waals surface area contributed by atoms with Gasteiger partial charge in [-0.05, 0) is 60.2 Å². The summed E-state index contributed by atoms with van der Waals surface area (Å²) in [5, 5.41) is 7.50. The number of H-pyrrole nitrogens is 1. The summed E-state index contributed by atoms with van der Waals surface area (Å²) in [6.07, 6.45) is 3.28. The summed E-state index contributed by atoms with van der Waals surface area (Å²) in [6.45, 7) is 0.530. The van der Waals surface area contributed by atoms with Gasteiger partial charge in [0.1, 0.15) is 5.75 Å². The molecular formula is C22H23N3O2. The fraction of sp³-hybridized carbons (Fsp3) is 0.273. The van der Waals surface area contributed by atoms with Crippen molar-refractivity contribution in [3.63, 3.8) is 0 Å². The number of rotatable bonds is 5. The Balaban J connectivity index is 1.48. The van der Waals surface area contributed by atoms with Gasteiger partial charge >= 0.3 is 0 Å². The molecule has 0 saturated heterocycles. The summed E-state index contributed by atoms with van der Waals surface area (Å²) in [5.74, 6) is 0.820. The molecule has 0 bridgehead atoms. The van der Waals surface area contributed by atoms with Crippen LogP contribution >= 0.6 is 0 Å². The molecule has 0 fully saturated rings. The van der Waals surface area contributed by atoms with Gasteiger partial charge in [-0.2, -0.15) is 5.10 Å². The molecule has 0 unspecified atom stereocenters. The summed E-state index contributed by atoms with van der Waals surface area (Å²) in [4.78, 5) is 14.5. The number of nitrogens with zero attached hydrogens (tertiary/aromatic N) is 2. The number of aromatic nitrogens is 2. The largest absolute Gasteiger partial charge is 0.497 e. The molecule has 27 heavy (non-hydrogen) atoms. The topological polar surface area (TPSA) is 58.2 Å². The fourth-order valence-corrected chi connectivity index (χ4v) is 3.64. The van der Waals surface area contributed by atoms with Gasteiger partial charge in [-0.1, -0.05) is 24.3 Å². The second kappa shape index (κ2) is 7.27. The molecule has 1 heterocycles. The van der Waals surface area contributed by atoms with Gasteiger partial charge in [-0.15, -0.1) is 0 Å². The third-order valence-corrected chi connectivity index (χ3v) is 5.16. The fourth-order valence-electron chi connectivity index (χ4n) is 3.64. The zero-order valence-electron chi connectivity index (χ0n) is 15.7. The van der Waals surface area contributed by atoms with Crippen molar-refractivity contribution in [2.75, 3.05) is 14.2 Å². The second-order valence-electron chi connectivity index (χ2n) is 6.95. The Morgan fingerprint density at radius 1 is 1.15 bits per heavy atom. The molecule has 0 spiro atoms. The van der Waals surface area contributed by atoms with Crippen LogP contribution < -0.4 is 4.74 Å². The molecule has 0 radical (unpaired) electrons. The van der Waals surface area contributed by atoms with Crippen LogP contribution in [0.1, 0.15) is 33.7 Å². The molecule has 138 valence electrons. The molecule has 1 aliphatic rings. The van der Waals surface area contributed by atoms with E-state index in [1.165, 1.54) is 17.7 Å². The lowest BCUT2D eigenvalue weighted by Gasteiger charge is -2.17. The average molecular weight is 361 g/mol. The standard InChI is InChI=1S/C22H23N3O2/c1-25(14-21-19-7-4-8-20(19)23-24-21)22(26)16-11-9-15(10-12-16)17-5-3-6-18(13-17)27-2/h3,5-6,9-13H,4,7-8,14H2,1-2H3,(H,23,24). The van der Waals surface area contributed by atoms with Crippen molar-refractivity contribution in [1.29, 1.82) is 0 Å². The number of carbonyl (C=O) groups is 1. The number of nitrogens with one attached hydrogen (secondary N) is 1. The number of aryl methyl sites for hydroxylation is 1. The van der Waals surface area contributed by atoms with E-state index >= 15 is 0 Å². The van der Waals surface area contributed by atoms with Crippen molar-refractivity contribution in [3.05, 3.63) is 71.0 Å². The predicted octanol–water partition coefficient (Wildman–Crippen LogP) is 3.85. The third kappa shape index (κ3) is 3.45. The monoisotopic (exact) mass is 361 g/mol. The van der Waals surface area contributed by atoms with E-state index in [4.69, 9.17) is 4.74 Å². The van der Waals surface area contributed by atoms with Crippen molar-refractivity contribution >= 4 is 5.91 Å². The van der Waals surface area contributed by atoms with E-state index < -0.39 is 0 Å². The maximum absolute atomic E-state index is 12.8. The number of hydrogen-bond donors (Lipinski definition) is 1. The first-order chi connectivity index (χ1) is 13.2. The molecule has 0 atom stereocenters. The van der Waals surface area contributed by atoms with E-state index in [0.717, 1.165) is 35.4 Å². The zero-order valence-corrected chi connectivity index (χ0v) is 15.7. The van der Waals surface area contributed by atoms with Crippen LogP contribution in [0.2, 0.25) is 0 Å². The van der Waals surface area contributed by atoms with Gasteiger partial charge in [0.15, 0.2) is 0 Å². The van der Waals surface area contributed by atoms with E-state index in [0.29, 0.717) is 12.1 Å². The molecule has 3 aromatic rings. The molecule has 0 aliphatic heterocycles. The summed E-state index contributed by atoms with van der Waals surface area (Å²) < 4.78 is 5.28. The van der Waals surface area contributed by atoms with Crippen LogP contribution in [-0.2, 0) is 19.4 Å². The highest BCUT2D eigenvalue weighted by Gasteiger charge is 2.21. The van der Waals surface area contributed by atoms with Crippen LogP contribution in [0.5, 0.6) is 5.75 Å². The first-order valence-corrected chi connectivity index (χ1v) is 9.20. The van der Waals surface area contributed by atoms with E-state index in [2.05, 4.69) is 10.2 Å². The lowest BCUT2D eigenvalue weighted by molar-refractivity contribution is 0.0783. The Morgan fingerprint density at radius 3 is 2.74 bits per heavy atom. The van der Waals surface area contributed by atoms with Crippen molar-refractivity contribution in [1.82, 2.24) is 15.1 Å². The normalized spacial score (nSPS) is 12.7. The number of fused-ring (bicyclic) bond motifs is 1. The number of carbonyl (C=O) groups excluding carboxylic acids is 1. The molecule has 5 nitrogen and oxygen atoms in total. The SMILES string of the molecule is COc1cccc(-c2ccc(C(=O)N(C)Cc3n[nH]c4c3CCC4)cc2)c1. The Kier molecular flexibility index (Phi) is 4.67. The van der Waals surface area contributed by atoms with E-state index in [1.54, 1.807) is 12.0 Å². The third-order valence-electron chi connectivity index (χ3n) is 5.16. The molecule has 5 heteroatoms. The van der Waals surface area contributed by atoms with Crippen LogP contribution in [0.4, 0.5) is 0 Å². The van der Waals surface area contributed by atoms with Crippen molar-refractivity contribution in [2.45, 2.75) is 25.8 Å². The average Bonchev–Trinajstić information content (AvgIpc) is 3.32. The molecular weight excluding hydrogens is 338 g/mol. The Morgan fingerprint density at radius 2 is 1.96 bits per heavy atom. The minimum Gasteiger partial charge on any atom is -0.497 e. The van der Waals surface area contributed by atoms with E-state index in [-0.39, 0.29) is 5.91 Å². The number of hydrogen-bond acceptors (Lipinski definition) is 3. The summed E-state index contributed by atoms with van der Waals surface area (Å²) in [5.41, 5.74) is 6.31. The number of methoxy groups -OCH3 is 1. The summed E-state index contributed by atoms with van der Waals surface area (Å²) >= 11 is 0. The number of aromatic amines is 1. The van der Waals surface area contributed by atoms with Crippen molar-refractivity contribution in [2.24, 2.45) is 0 Å². The summed E-state index contributed by atoms with van der Waals surface area (Å²) in [7, 11) is 3.49. The maximum atomic E-state index is 12.8. The van der Waals surface area contributed by atoms with Crippen molar-refractivity contribution in [3.8, 4) is 16.9 Å². The highest BCUT2D eigenvalue weighted by Crippen LogP contribution is 2.25. The number of ether oxygens (including phenoxy) is 1. The Labute approximate surface area is 159 Å². The molecule has 1 amide bonds. The maximum Gasteiger partial charge on any atom is 0.253 e. The van der Waals surface area contributed by atoms with Gasteiger partial charge in [0.25, 0.3) is 5.91 Å². The van der Waals surface area contributed by atoms with Crippen molar-refractivity contribution < 1.29 is 9.53 Å². The van der Waals surface area contributed by atoms with Gasteiger partial charge < -0.3 is 9.64 Å². The van der Waals surface area contributed by atoms with Gasteiger partial charge in [-0.25, -0.2) is 0 Å². The quantitative estimate of drug-likeness (QED) is 0.751. The second-order valence-corrected chi connectivity index (χ2v) is 6.95. The van der Waals surface area contributed by atoms with Crippen LogP contribution in [0.15, 0.2) is 48.5 Å². The zero-order chi connectivity index (χ0) is 18.8. The minimum atomic E-state index is 0.00180. The lowest BCUT2D eigenvalue weighted by Crippen LogP contribution is -2.26. The first-order valence-electron chi connectivity index (χ1n) is 9.20. The predicted molar refractivity (Wildman–Crippen MR) is 105 cm³/mol. The van der Waals surface area contributed by atoms with Gasteiger partial charge in [0, 0.05) is 18.3 Å². The lowest BCUT2D eigenvalue weighted by atomic mass is 10.0. The van der Waals surface area contributed by atoms with Gasteiger partial charge in [0.2, 0.25) is 0 Å². The summed E-state index contributed by atoms with van der Waals surface area (Å²) in [6, 6.07) is 15.6. The first kappa shape index (κ1) is 17.3. The number of amides is 1. The minimum absolute atomic E-state index is 0.00180. The Hall–Kier alpha value is -3.08. The highest BCUT2D eigenvalue weighted by molar-refractivity contribution is 5.94. The Bertz CT molecular complexity index is 960. The van der Waals surface area contributed by atoms with Gasteiger partial charge in [0.05, 0.1) is 19.3 Å². The molecule has 1 N–H and O–H groups in total. The van der Waals surface area contributed by atoms with E-state index in [1.807, 2.05) is 55.6 Å². The van der Waals surface area contributed by atoms with Crippen LogP contribution in [-0.4, -0.2) is 35.2 Å².